The second kappa shape index (κ2) is 5.03. The molecule has 0 bridgehead atoms. The lowest BCUT2D eigenvalue weighted by molar-refractivity contribution is -0.138. The van der Waals surface area contributed by atoms with Gasteiger partial charge in [0.05, 0.1) is 6.61 Å². The molecule has 0 rings (SSSR count). The molecule has 0 amide bonds. The van der Waals surface area contributed by atoms with Gasteiger partial charge in [0, 0.05) is 5.57 Å². The van der Waals surface area contributed by atoms with E-state index in [1.165, 1.54) is 0 Å². The van der Waals surface area contributed by atoms with Crippen molar-refractivity contribution in [3.8, 4) is 0 Å². The predicted octanol–water partition coefficient (Wildman–Crippen LogP) is 1.91. The van der Waals surface area contributed by atoms with Crippen LogP contribution in [-0.2, 0) is 9.53 Å². The zero-order chi connectivity index (χ0) is 7.98. The van der Waals surface area contributed by atoms with Crippen molar-refractivity contribution in [2.24, 2.45) is 0 Å². The van der Waals surface area contributed by atoms with Crippen molar-refractivity contribution in [3.05, 3.63) is 11.6 Å². The normalized spacial score (nSPS) is 11.3. The molecule has 0 N–H and O–H groups in total. The van der Waals surface area contributed by atoms with Gasteiger partial charge in [-0.3, -0.25) is 0 Å². The summed E-state index contributed by atoms with van der Waals surface area (Å²) in [6, 6.07) is 0. The Balaban J connectivity index is 3.82. The van der Waals surface area contributed by atoms with Crippen LogP contribution >= 0.6 is 0 Å². The first-order valence-corrected chi connectivity index (χ1v) is 3.56. The second-order valence-corrected chi connectivity index (χ2v) is 2.02. The van der Waals surface area contributed by atoms with Gasteiger partial charge in [0.1, 0.15) is 0 Å². The SMILES string of the molecule is CC/C=C(\C)C(=O)OCC. The van der Waals surface area contributed by atoms with E-state index in [9.17, 15) is 4.79 Å². The van der Waals surface area contributed by atoms with E-state index in [0.717, 1.165) is 6.42 Å². The van der Waals surface area contributed by atoms with Gasteiger partial charge in [-0.1, -0.05) is 13.0 Å². The van der Waals surface area contributed by atoms with Crippen LogP contribution in [0, 0.1) is 0 Å². The Morgan fingerprint density at radius 3 is 2.50 bits per heavy atom. The molecule has 0 heterocycles. The van der Waals surface area contributed by atoms with Crippen LogP contribution in [-0.4, -0.2) is 12.6 Å². The van der Waals surface area contributed by atoms with Gasteiger partial charge in [-0.2, -0.15) is 0 Å². The molecule has 10 heavy (non-hydrogen) atoms. The molecule has 58 valence electrons. The fourth-order valence-corrected chi connectivity index (χ4v) is 0.634. The highest BCUT2D eigenvalue weighted by Gasteiger charge is 2.01. The summed E-state index contributed by atoms with van der Waals surface area (Å²) in [7, 11) is 0. The lowest BCUT2D eigenvalue weighted by Crippen LogP contribution is -2.04. The van der Waals surface area contributed by atoms with Crippen LogP contribution in [0.5, 0.6) is 0 Å². The predicted molar refractivity (Wildman–Crippen MR) is 40.7 cm³/mol. The number of carbonyl (C=O) groups excluding carboxylic acids is 1. The molecule has 0 unspecified atom stereocenters. The van der Waals surface area contributed by atoms with Gasteiger partial charge in [-0.15, -0.1) is 0 Å². The Morgan fingerprint density at radius 1 is 1.50 bits per heavy atom. The second-order valence-electron chi connectivity index (χ2n) is 2.02. The molecule has 2 heteroatoms. The molecule has 0 spiro atoms. The maximum atomic E-state index is 10.8. The monoisotopic (exact) mass is 142 g/mol. The third kappa shape index (κ3) is 3.28. The number of ether oxygens (including phenoxy) is 1. The number of esters is 1. The number of rotatable bonds is 3. The first-order valence-electron chi connectivity index (χ1n) is 3.56. The molecule has 0 aromatic rings. The van der Waals surface area contributed by atoms with E-state index >= 15 is 0 Å². The van der Waals surface area contributed by atoms with Gasteiger partial charge in [-0.25, -0.2) is 4.79 Å². The maximum absolute atomic E-state index is 10.8. The Morgan fingerprint density at radius 2 is 2.10 bits per heavy atom. The highest BCUT2D eigenvalue weighted by molar-refractivity contribution is 5.87. The minimum Gasteiger partial charge on any atom is -0.463 e. The van der Waals surface area contributed by atoms with Crippen molar-refractivity contribution in [1.29, 1.82) is 0 Å². The number of hydrogen-bond acceptors (Lipinski definition) is 2. The number of carbonyl (C=O) groups is 1. The number of hydrogen-bond donors (Lipinski definition) is 0. The average molecular weight is 142 g/mol. The van der Waals surface area contributed by atoms with E-state index < -0.39 is 0 Å². The largest absolute Gasteiger partial charge is 0.463 e. The summed E-state index contributed by atoms with van der Waals surface area (Å²) in [6.45, 7) is 6.01. The summed E-state index contributed by atoms with van der Waals surface area (Å²) in [6.07, 6.45) is 2.74. The standard InChI is InChI=1S/C8H14O2/c1-4-6-7(3)8(9)10-5-2/h6H,4-5H2,1-3H3/b7-6+. The fourth-order valence-electron chi connectivity index (χ4n) is 0.634. The topological polar surface area (TPSA) is 26.3 Å². The van der Waals surface area contributed by atoms with Crippen molar-refractivity contribution in [2.45, 2.75) is 27.2 Å². The highest BCUT2D eigenvalue weighted by atomic mass is 16.5. The van der Waals surface area contributed by atoms with Crippen molar-refractivity contribution in [2.75, 3.05) is 6.61 Å². The van der Waals surface area contributed by atoms with Gasteiger partial charge in [0.15, 0.2) is 0 Å². The quantitative estimate of drug-likeness (QED) is 0.444. The summed E-state index contributed by atoms with van der Waals surface area (Å²) in [5.74, 6) is -0.204. The number of allylic oxidation sites excluding steroid dienone is 1. The minimum absolute atomic E-state index is 0.204. The van der Waals surface area contributed by atoms with Crippen LogP contribution in [0.15, 0.2) is 11.6 Å². The van der Waals surface area contributed by atoms with E-state index in [0.29, 0.717) is 12.2 Å². The molecule has 0 fully saturated rings. The van der Waals surface area contributed by atoms with Crippen LogP contribution in [0.2, 0.25) is 0 Å². The van der Waals surface area contributed by atoms with Gasteiger partial charge in [-0.05, 0) is 20.3 Å². The van der Waals surface area contributed by atoms with Gasteiger partial charge < -0.3 is 4.74 Å². The molecule has 0 aromatic carbocycles. The first kappa shape index (κ1) is 9.21. The zero-order valence-corrected chi connectivity index (χ0v) is 6.81. The Labute approximate surface area is 61.9 Å². The van der Waals surface area contributed by atoms with Crippen molar-refractivity contribution >= 4 is 5.97 Å². The average Bonchev–Trinajstić information content (AvgIpc) is 1.89. The summed E-state index contributed by atoms with van der Waals surface area (Å²) in [5.41, 5.74) is 0.698. The van der Waals surface area contributed by atoms with Gasteiger partial charge >= 0.3 is 5.97 Å². The smallest absolute Gasteiger partial charge is 0.333 e. The molecule has 0 aliphatic carbocycles. The highest BCUT2D eigenvalue weighted by Crippen LogP contribution is 1.97. The van der Waals surface area contributed by atoms with E-state index in [4.69, 9.17) is 4.74 Å². The van der Waals surface area contributed by atoms with Crippen LogP contribution in [0.1, 0.15) is 27.2 Å². The Hall–Kier alpha value is -0.790. The van der Waals surface area contributed by atoms with Crippen molar-refractivity contribution in [1.82, 2.24) is 0 Å². The molecule has 0 aliphatic rings. The maximum Gasteiger partial charge on any atom is 0.333 e. The summed E-state index contributed by atoms with van der Waals surface area (Å²) in [5, 5.41) is 0. The molecule has 0 aromatic heterocycles. The van der Waals surface area contributed by atoms with E-state index in [1.807, 2.05) is 13.0 Å². The van der Waals surface area contributed by atoms with Crippen LogP contribution in [0.25, 0.3) is 0 Å². The minimum atomic E-state index is -0.204. The first-order chi connectivity index (χ1) is 4.72. The Kier molecular flexibility index (Phi) is 4.63. The third-order valence-corrected chi connectivity index (χ3v) is 1.11. The molecule has 2 nitrogen and oxygen atoms in total. The van der Waals surface area contributed by atoms with E-state index in [-0.39, 0.29) is 5.97 Å². The Bertz CT molecular complexity index is 136. The molecule has 0 saturated heterocycles. The lowest BCUT2D eigenvalue weighted by Gasteiger charge is -1.99. The summed E-state index contributed by atoms with van der Waals surface area (Å²) in [4.78, 5) is 10.8. The molecule has 0 atom stereocenters. The molecular formula is C8H14O2. The lowest BCUT2D eigenvalue weighted by atomic mass is 10.2. The van der Waals surface area contributed by atoms with E-state index in [2.05, 4.69) is 0 Å². The summed E-state index contributed by atoms with van der Waals surface area (Å²) < 4.78 is 4.75. The molecule has 0 saturated carbocycles. The fraction of sp³-hybridized carbons (Fsp3) is 0.625. The third-order valence-electron chi connectivity index (χ3n) is 1.11. The van der Waals surface area contributed by atoms with Crippen LogP contribution in [0.3, 0.4) is 0 Å². The zero-order valence-electron chi connectivity index (χ0n) is 6.81. The van der Waals surface area contributed by atoms with E-state index in [1.54, 1.807) is 13.8 Å². The van der Waals surface area contributed by atoms with Gasteiger partial charge in [0.2, 0.25) is 0 Å². The van der Waals surface area contributed by atoms with Gasteiger partial charge in [0.25, 0.3) is 0 Å². The summed E-state index contributed by atoms with van der Waals surface area (Å²) >= 11 is 0. The van der Waals surface area contributed by atoms with Crippen LogP contribution in [0.4, 0.5) is 0 Å². The van der Waals surface area contributed by atoms with Crippen molar-refractivity contribution in [3.63, 3.8) is 0 Å². The molecule has 0 aliphatic heterocycles. The molecule has 0 radical (unpaired) electrons. The van der Waals surface area contributed by atoms with Crippen LogP contribution < -0.4 is 0 Å². The molecular weight excluding hydrogens is 128 g/mol. The van der Waals surface area contributed by atoms with Crippen molar-refractivity contribution < 1.29 is 9.53 Å².